The van der Waals surface area contributed by atoms with E-state index in [-0.39, 0.29) is 11.5 Å². The molecular formula is C16H18ClNO3. The highest BCUT2D eigenvalue weighted by atomic mass is 35.5. The van der Waals surface area contributed by atoms with Crippen LogP contribution in [0, 0.1) is 0 Å². The number of anilines is 1. The minimum Gasteiger partial charge on any atom is -0.504 e. The molecule has 0 spiro atoms. The summed E-state index contributed by atoms with van der Waals surface area (Å²) in [7, 11) is 0. The van der Waals surface area contributed by atoms with E-state index in [0.717, 1.165) is 17.7 Å². The summed E-state index contributed by atoms with van der Waals surface area (Å²) in [5, 5.41) is 22.5. The first kappa shape index (κ1) is 15.3. The van der Waals surface area contributed by atoms with Gasteiger partial charge in [-0.15, -0.1) is 0 Å². The van der Waals surface area contributed by atoms with Gasteiger partial charge in [0.25, 0.3) is 0 Å². The minimum atomic E-state index is -0.129. The Morgan fingerprint density at radius 3 is 2.57 bits per heavy atom. The van der Waals surface area contributed by atoms with Crippen LogP contribution in [-0.4, -0.2) is 16.8 Å². The van der Waals surface area contributed by atoms with Gasteiger partial charge in [0.2, 0.25) is 0 Å². The van der Waals surface area contributed by atoms with Crippen molar-refractivity contribution in [3.8, 4) is 17.2 Å². The van der Waals surface area contributed by atoms with Gasteiger partial charge in [0.15, 0.2) is 11.5 Å². The molecule has 0 aromatic heterocycles. The Morgan fingerprint density at radius 1 is 1.10 bits per heavy atom. The molecule has 0 heterocycles. The van der Waals surface area contributed by atoms with Crippen LogP contribution in [0.4, 0.5) is 5.69 Å². The molecule has 0 bridgehead atoms. The number of benzene rings is 2. The maximum Gasteiger partial charge on any atom is 0.157 e. The first-order valence-electron chi connectivity index (χ1n) is 6.77. The third-order valence-electron chi connectivity index (χ3n) is 2.93. The summed E-state index contributed by atoms with van der Waals surface area (Å²) in [5.41, 5.74) is 1.71. The zero-order valence-corrected chi connectivity index (χ0v) is 12.5. The van der Waals surface area contributed by atoms with Gasteiger partial charge in [-0.2, -0.15) is 0 Å². The first-order valence-corrected chi connectivity index (χ1v) is 7.15. The summed E-state index contributed by atoms with van der Waals surface area (Å²) in [5.74, 6) is 0.418. The fraction of sp³-hybridized carbons (Fsp3) is 0.250. The van der Waals surface area contributed by atoms with Crippen LogP contribution in [-0.2, 0) is 6.54 Å². The Morgan fingerprint density at radius 2 is 1.90 bits per heavy atom. The van der Waals surface area contributed by atoms with Gasteiger partial charge in [-0.05, 0) is 42.3 Å². The number of nitrogens with one attached hydrogen (secondary N) is 1. The average molecular weight is 308 g/mol. The molecule has 0 unspecified atom stereocenters. The van der Waals surface area contributed by atoms with Crippen LogP contribution < -0.4 is 10.1 Å². The van der Waals surface area contributed by atoms with Crippen molar-refractivity contribution in [3.63, 3.8) is 0 Å². The second-order valence-electron chi connectivity index (χ2n) is 4.67. The predicted molar refractivity (Wildman–Crippen MR) is 84.3 cm³/mol. The molecule has 0 saturated carbocycles. The predicted octanol–water partition coefficient (Wildman–Crippen LogP) is 4.15. The van der Waals surface area contributed by atoms with Crippen LogP contribution in [0.1, 0.15) is 18.9 Å². The summed E-state index contributed by atoms with van der Waals surface area (Å²) in [6.07, 6.45) is 0.931. The lowest BCUT2D eigenvalue weighted by molar-refractivity contribution is 0.317. The van der Waals surface area contributed by atoms with Crippen LogP contribution >= 0.6 is 11.6 Å². The van der Waals surface area contributed by atoms with E-state index < -0.39 is 0 Å². The molecular weight excluding hydrogens is 290 g/mol. The van der Waals surface area contributed by atoms with Crippen molar-refractivity contribution < 1.29 is 14.9 Å². The van der Waals surface area contributed by atoms with E-state index in [4.69, 9.17) is 16.3 Å². The maximum atomic E-state index is 9.44. The standard InChI is InChI=1S/C16H18ClNO3/c1-2-7-21-16-6-4-12(9-13(16)17)18-10-11-3-5-14(19)15(20)8-11/h3-6,8-9,18-20H,2,7,10H2,1H3. The van der Waals surface area contributed by atoms with E-state index in [9.17, 15) is 10.2 Å². The average Bonchev–Trinajstić information content (AvgIpc) is 2.47. The molecule has 4 nitrogen and oxygen atoms in total. The highest BCUT2D eigenvalue weighted by molar-refractivity contribution is 6.32. The number of hydrogen-bond donors (Lipinski definition) is 3. The third kappa shape index (κ3) is 4.20. The number of halogens is 1. The van der Waals surface area contributed by atoms with Crippen LogP contribution in [0.25, 0.3) is 0 Å². The van der Waals surface area contributed by atoms with Gasteiger partial charge in [0, 0.05) is 12.2 Å². The van der Waals surface area contributed by atoms with Gasteiger partial charge in [-0.3, -0.25) is 0 Å². The number of ether oxygens (including phenoxy) is 1. The summed E-state index contributed by atoms with van der Waals surface area (Å²) >= 11 is 6.15. The van der Waals surface area contributed by atoms with Crippen molar-refractivity contribution in [2.45, 2.75) is 19.9 Å². The Bertz CT molecular complexity index is 616. The molecule has 5 heteroatoms. The van der Waals surface area contributed by atoms with Gasteiger partial charge < -0.3 is 20.3 Å². The van der Waals surface area contributed by atoms with Crippen molar-refractivity contribution in [3.05, 3.63) is 47.0 Å². The third-order valence-corrected chi connectivity index (χ3v) is 3.23. The van der Waals surface area contributed by atoms with Gasteiger partial charge in [0.05, 0.1) is 11.6 Å². The van der Waals surface area contributed by atoms with Crippen LogP contribution in [0.15, 0.2) is 36.4 Å². The number of phenolic OH excluding ortho intramolecular Hbond substituents is 2. The van der Waals surface area contributed by atoms with Gasteiger partial charge in [-0.25, -0.2) is 0 Å². The summed E-state index contributed by atoms with van der Waals surface area (Å²) in [6.45, 7) is 3.19. The lowest BCUT2D eigenvalue weighted by Gasteiger charge is -2.11. The van der Waals surface area contributed by atoms with Gasteiger partial charge in [-0.1, -0.05) is 24.6 Å². The van der Waals surface area contributed by atoms with E-state index in [1.165, 1.54) is 12.1 Å². The SMILES string of the molecule is CCCOc1ccc(NCc2ccc(O)c(O)c2)cc1Cl. The Labute approximate surface area is 129 Å². The second-order valence-corrected chi connectivity index (χ2v) is 5.08. The Balaban J connectivity index is 1.99. The molecule has 0 fully saturated rings. The minimum absolute atomic E-state index is 0.126. The second kappa shape index (κ2) is 7.09. The molecule has 2 rings (SSSR count). The quantitative estimate of drug-likeness (QED) is 0.702. The van der Waals surface area contributed by atoms with Gasteiger partial charge in [0.1, 0.15) is 5.75 Å². The van der Waals surface area contributed by atoms with Crippen LogP contribution in [0.3, 0.4) is 0 Å². The number of rotatable bonds is 6. The topological polar surface area (TPSA) is 61.7 Å². The van der Waals surface area contributed by atoms with E-state index in [1.807, 2.05) is 19.1 Å². The summed E-state index contributed by atoms with van der Waals surface area (Å²) < 4.78 is 5.51. The highest BCUT2D eigenvalue weighted by Gasteiger charge is 2.04. The first-order chi connectivity index (χ1) is 10.1. The van der Waals surface area contributed by atoms with E-state index in [0.29, 0.717) is 23.9 Å². The molecule has 0 aliphatic heterocycles. The van der Waals surface area contributed by atoms with E-state index >= 15 is 0 Å². The molecule has 2 aromatic carbocycles. The van der Waals surface area contributed by atoms with E-state index in [2.05, 4.69) is 5.32 Å². The molecule has 2 aromatic rings. The number of phenols is 2. The zero-order chi connectivity index (χ0) is 15.2. The van der Waals surface area contributed by atoms with Gasteiger partial charge >= 0.3 is 0 Å². The van der Waals surface area contributed by atoms with Crippen molar-refractivity contribution in [1.82, 2.24) is 0 Å². The number of aromatic hydroxyl groups is 2. The van der Waals surface area contributed by atoms with Crippen molar-refractivity contribution in [2.75, 3.05) is 11.9 Å². The fourth-order valence-corrected chi connectivity index (χ4v) is 2.06. The largest absolute Gasteiger partial charge is 0.504 e. The maximum absolute atomic E-state index is 9.44. The lowest BCUT2D eigenvalue weighted by Crippen LogP contribution is -2.00. The number of hydrogen-bond acceptors (Lipinski definition) is 4. The molecule has 0 aliphatic carbocycles. The van der Waals surface area contributed by atoms with Crippen molar-refractivity contribution in [1.29, 1.82) is 0 Å². The smallest absolute Gasteiger partial charge is 0.157 e. The van der Waals surface area contributed by atoms with E-state index in [1.54, 1.807) is 12.1 Å². The lowest BCUT2D eigenvalue weighted by atomic mass is 10.2. The molecule has 0 radical (unpaired) electrons. The Kier molecular flexibility index (Phi) is 5.17. The fourth-order valence-electron chi connectivity index (χ4n) is 1.82. The molecule has 3 N–H and O–H groups in total. The molecule has 112 valence electrons. The van der Waals surface area contributed by atoms with Crippen molar-refractivity contribution >= 4 is 17.3 Å². The normalized spacial score (nSPS) is 10.4. The highest BCUT2D eigenvalue weighted by Crippen LogP contribution is 2.29. The van der Waals surface area contributed by atoms with Crippen LogP contribution in [0.2, 0.25) is 5.02 Å². The Hall–Kier alpha value is -2.07. The molecule has 0 saturated heterocycles. The molecule has 0 atom stereocenters. The molecule has 21 heavy (non-hydrogen) atoms. The van der Waals surface area contributed by atoms with Crippen LogP contribution in [0.5, 0.6) is 17.2 Å². The summed E-state index contributed by atoms with van der Waals surface area (Å²) in [6, 6.07) is 10.2. The van der Waals surface area contributed by atoms with Crippen molar-refractivity contribution in [2.24, 2.45) is 0 Å². The monoisotopic (exact) mass is 307 g/mol. The molecule has 0 aliphatic rings. The zero-order valence-electron chi connectivity index (χ0n) is 11.8. The molecule has 0 amide bonds. The summed E-state index contributed by atoms with van der Waals surface area (Å²) in [4.78, 5) is 0.